The molecule has 2 aliphatic carbocycles. The average molecular weight is 376 g/mol. The van der Waals surface area contributed by atoms with Gasteiger partial charge in [0.25, 0.3) is 0 Å². The van der Waals surface area contributed by atoms with Gasteiger partial charge in [0.1, 0.15) is 5.82 Å². The molecular weight excluding hydrogens is 351 g/mol. The van der Waals surface area contributed by atoms with Gasteiger partial charge in [-0.15, -0.1) is 0 Å². The first-order valence-corrected chi connectivity index (χ1v) is 10.1. The third-order valence-electron chi connectivity index (χ3n) is 6.50. The molecule has 3 atom stereocenters. The average Bonchev–Trinajstić information content (AvgIpc) is 3.30. The molecule has 144 valence electrons. The van der Waals surface area contributed by atoms with Crippen LogP contribution in [0.4, 0.5) is 10.1 Å². The summed E-state index contributed by atoms with van der Waals surface area (Å²) in [4.78, 5) is 15.1. The van der Waals surface area contributed by atoms with Gasteiger partial charge in [-0.3, -0.25) is 4.79 Å². The molecule has 4 rings (SSSR count). The van der Waals surface area contributed by atoms with E-state index in [1.807, 2.05) is 19.1 Å². The quantitative estimate of drug-likeness (QED) is 0.704. The first kappa shape index (κ1) is 18.7. The molecule has 2 bridgehead atoms. The summed E-state index contributed by atoms with van der Waals surface area (Å²) in [5.74, 6) is 1.80. The van der Waals surface area contributed by atoms with E-state index in [2.05, 4.69) is 6.07 Å². The monoisotopic (exact) mass is 376 g/mol. The zero-order chi connectivity index (χ0) is 19.7. The Bertz CT molecular complexity index is 915. The van der Waals surface area contributed by atoms with Crippen molar-refractivity contribution >= 4 is 11.6 Å². The topological polar surface area (TPSA) is 44.1 Å². The van der Waals surface area contributed by atoms with Crippen LogP contribution in [0, 0.1) is 41.8 Å². The number of anilines is 1. The summed E-state index contributed by atoms with van der Waals surface area (Å²) in [5.41, 5.74) is 3.08. The van der Waals surface area contributed by atoms with Crippen molar-refractivity contribution in [2.45, 2.75) is 45.6 Å². The Morgan fingerprint density at radius 1 is 1.18 bits per heavy atom. The Morgan fingerprint density at radius 2 is 1.96 bits per heavy atom. The van der Waals surface area contributed by atoms with Crippen LogP contribution in [0.2, 0.25) is 0 Å². The lowest BCUT2D eigenvalue weighted by molar-refractivity contribution is -0.120. The van der Waals surface area contributed by atoms with Crippen LogP contribution in [0.1, 0.15) is 48.8 Å². The van der Waals surface area contributed by atoms with Gasteiger partial charge in [0.05, 0.1) is 18.2 Å². The normalized spacial score (nSPS) is 22.8. The molecule has 0 radical (unpaired) electrons. The number of hydrogen-bond acceptors (Lipinski definition) is 2. The minimum absolute atomic E-state index is 0.108. The van der Waals surface area contributed by atoms with Crippen molar-refractivity contribution in [2.24, 2.45) is 17.8 Å². The van der Waals surface area contributed by atoms with Crippen molar-refractivity contribution in [2.75, 3.05) is 4.90 Å². The SMILES string of the molecule is Cc1cc(F)ccc1N(Cc1ccc(C#N)cc1)C(=O)C[C@H]1C[C@@H]2CC[C@@H]1C2. The molecule has 4 heteroatoms. The van der Waals surface area contributed by atoms with Crippen LogP contribution in [-0.4, -0.2) is 5.91 Å². The highest BCUT2D eigenvalue weighted by molar-refractivity contribution is 5.94. The van der Waals surface area contributed by atoms with E-state index in [-0.39, 0.29) is 11.7 Å². The second-order valence-electron chi connectivity index (χ2n) is 8.36. The van der Waals surface area contributed by atoms with Crippen LogP contribution in [0.5, 0.6) is 0 Å². The lowest BCUT2D eigenvalue weighted by atomic mass is 9.86. The molecule has 0 saturated heterocycles. The first-order chi connectivity index (χ1) is 13.5. The highest BCUT2D eigenvalue weighted by Gasteiger charge is 2.40. The number of benzene rings is 2. The minimum Gasteiger partial charge on any atom is -0.308 e. The van der Waals surface area contributed by atoms with Gasteiger partial charge in [-0.1, -0.05) is 18.6 Å². The molecule has 28 heavy (non-hydrogen) atoms. The molecule has 2 saturated carbocycles. The van der Waals surface area contributed by atoms with Crippen LogP contribution < -0.4 is 4.90 Å². The third kappa shape index (κ3) is 3.80. The van der Waals surface area contributed by atoms with Gasteiger partial charge in [-0.25, -0.2) is 4.39 Å². The number of fused-ring (bicyclic) bond motifs is 2. The fourth-order valence-corrected chi connectivity index (χ4v) is 5.06. The van der Waals surface area contributed by atoms with Gasteiger partial charge in [-0.05, 0) is 85.4 Å². The summed E-state index contributed by atoms with van der Waals surface area (Å²) in [6, 6.07) is 14.0. The smallest absolute Gasteiger partial charge is 0.227 e. The van der Waals surface area contributed by atoms with Crippen molar-refractivity contribution in [3.8, 4) is 6.07 Å². The fourth-order valence-electron chi connectivity index (χ4n) is 5.06. The van der Waals surface area contributed by atoms with Crippen LogP contribution in [0.25, 0.3) is 0 Å². The van der Waals surface area contributed by atoms with Crippen LogP contribution in [-0.2, 0) is 11.3 Å². The number of amides is 1. The van der Waals surface area contributed by atoms with Crippen molar-refractivity contribution < 1.29 is 9.18 Å². The Kier molecular flexibility index (Phi) is 5.17. The zero-order valence-corrected chi connectivity index (χ0v) is 16.2. The van der Waals surface area contributed by atoms with Gasteiger partial charge >= 0.3 is 0 Å². The molecule has 2 fully saturated rings. The molecule has 0 aromatic heterocycles. The summed E-state index contributed by atoms with van der Waals surface area (Å²) < 4.78 is 13.6. The van der Waals surface area contributed by atoms with Gasteiger partial charge in [0.15, 0.2) is 0 Å². The first-order valence-electron chi connectivity index (χ1n) is 10.1. The second kappa shape index (κ2) is 7.75. The van der Waals surface area contributed by atoms with Crippen molar-refractivity contribution in [1.82, 2.24) is 0 Å². The van der Waals surface area contributed by atoms with E-state index >= 15 is 0 Å². The largest absolute Gasteiger partial charge is 0.308 e. The molecule has 2 aromatic rings. The van der Waals surface area contributed by atoms with E-state index in [4.69, 9.17) is 5.26 Å². The maximum absolute atomic E-state index is 13.6. The Labute approximate surface area is 165 Å². The van der Waals surface area contributed by atoms with Gasteiger partial charge in [0, 0.05) is 12.1 Å². The number of halogens is 1. The fraction of sp³-hybridized carbons (Fsp3) is 0.417. The maximum Gasteiger partial charge on any atom is 0.227 e. The molecule has 2 aliphatic rings. The Hall–Kier alpha value is -2.67. The van der Waals surface area contributed by atoms with E-state index in [9.17, 15) is 9.18 Å². The molecular formula is C24H25FN2O. The second-order valence-corrected chi connectivity index (χ2v) is 8.36. The molecule has 0 heterocycles. The number of aryl methyl sites for hydroxylation is 1. The molecule has 0 spiro atoms. The number of rotatable bonds is 5. The number of hydrogen-bond donors (Lipinski definition) is 0. The summed E-state index contributed by atoms with van der Waals surface area (Å²) in [6.45, 7) is 2.27. The predicted molar refractivity (Wildman–Crippen MR) is 107 cm³/mol. The van der Waals surface area contributed by atoms with Gasteiger partial charge in [-0.2, -0.15) is 5.26 Å². The minimum atomic E-state index is -0.292. The molecule has 0 N–H and O–H groups in total. The van der Waals surface area contributed by atoms with Gasteiger partial charge < -0.3 is 4.90 Å². The highest BCUT2D eigenvalue weighted by Crippen LogP contribution is 2.49. The number of carbonyl (C=O) groups is 1. The van der Waals surface area contributed by atoms with E-state index in [1.165, 1.54) is 37.8 Å². The highest BCUT2D eigenvalue weighted by atomic mass is 19.1. The maximum atomic E-state index is 13.6. The van der Waals surface area contributed by atoms with Crippen molar-refractivity contribution in [3.63, 3.8) is 0 Å². The molecule has 0 unspecified atom stereocenters. The lowest BCUT2D eigenvalue weighted by Gasteiger charge is -2.28. The number of nitriles is 1. The van der Waals surface area contributed by atoms with E-state index < -0.39 is 0 Å². The molecule has 3 nitrogen and oxygen atoms in total. The summed E-state index contributed by atoms with van der Waals surface area (Å²) >= 11 is 0. The standard InChI is InChI=1S/C24H25FN2O/c1-16-10-22(25)8-9-23(16)27(15-18-4-2-17(14-26)3-5-18)24(28)13-21-12-19-6-7-20(21)11-19/h2-5,8-10,19-21H,6-7,11-13,15H2,1H3/t19-,20-,21-/m1/s1. The Morgan fingerprint density at radius 3 is 2.57 bits per heavy atom. The van der Waals surface area contributed by atoms with Crippen molar-refractivity contribution in [1.29, 1.82) is 5.26 Å². The summed E-state index contributed by atoms with van der Waals surface area (Å²) in [5, 5.41) is 9.00. The predicted octanol–water partition coefficient (Wildman–Crippen LogP) is 5.37. The lowest BCUT2D eigenvalue weighted by Crippen LogP contribution is -2.33. The van der Waals surface area contributed by atoms with Gasteiger partial charge in [0.2, 0.25) is 5.91 Å². The van der Waals surface area contributed by atoms with Crippen LogP contribution in [0.15, 0.2) is 42.5 Å². The molecule has 0 aliphatic heterocycles. The number of nitrogens with zero attached hydrogens (tertiary/aromatic N) is 2. The molecule has 1 amide bonds. The van der Waals surface area contributed by atoms with E-state index in [0.29, 0.717) is 30.4 Å². The van der Waals surface area contributed by atoms with E-state index in [1.54, 1.807) is 23.1 Å². The molecule has 2 aromatic carbocycles. The summed E-state index contributed by atoms with van der Waals surface area (Å²) in [7, 11) is 0. The Balaban J connectivity index is 1.58. The third-order valence-corrected chi connectivity index (χ3v) is 6.50. The summed E-state index contributed by atoms with van der Waals surface area (Å²) in [6.07, 6.45) is 5.59. The van der Waals surface area contributed by atoms with Crippen LogP contribution in [0.3, 0.4) is 0 Å². The van der Waals surface area contributed by atoms with Crippen molar-refractivity contribution in [3.05, 3.63) is 65.0 Å². The number of carbonyl (C=O) groups excluding carboxylic acids is 1. The van der Waals surface area contributed by atoms with Crippen LogP contribution >= 0.6 is 0 Å². The van der Waals surface area contributed by atoms with E-state index in [0.717, 1.165) is 22.7 Å². The zero-order valence-electron chi connectivity index (χ0n) is 16.2.